The molecule has 0 aliphatic carbocycles. The number of hydrogen-bond donors (Lipinski definition) is 1. The largest absolute Gasteiger partial charge is 0.486 e. The second kappa shape index (κ2) is 8.02. The van der Waals surface area contributed by atoms with E-state index in [1.165, 1.54) is 0 Å². The second-order valence-corrected chi connectivity index (χ2v) is 4.19. The highest BCUT2D eigenvalue weighted by Crippen LogP contribution is 2.27. The van der Waals surface area contributed by atoms with Gasteiger partial charge in [-0.25, -0.2) is 0 Å². The van der Waals surface area contributed by atoms with Gasteiger partial charge in [0.15, 0.2) is 11.5 Å². The zero-order chi connectivity index (χ0) is 14.0. The Balaban J connectivity index is 1.95. The average Bonchev–Trinajstić information content (AvgIpc) is 2.51. The van der Waals surface area contributed by atoms with Gasteiger partial charge in [0, 0.05) is 0 Å². The van der Waals surface area contributed by atoms with Crippen molar-refractivity contribution >= 4 is 0 Å². The van der Waals surface area contributed by atoms with Crippen molar-refractivity contribution in [3.63, 3.8) is 0 Å². The van der Waals surface area contributed by atoms with Gasteiger partial charge in [-0.15, -0.1) is 0 Å². The van der Waals surface area contributed by atoms with E-state index in [9.17, 15) is 0 Å². The van der Waals surface area contributed by atoms with Crippen LogP contribution in [0.4, 0.5) is 0 Å². The summed E-state index contributed by atoms with van der Waals surface area (Å²) in [6.45, 7) is 0.940. The molecule has 3 nitrogen and oxygen atoms in total. The second-order valence-electron chi connectivity index (χ2n) is 4.19. The number of benzene rings is 2. The van der Waals surface area contributed by atoms with Crippen molar-refractivity contribution in [1.82, 2.24) is 0 Å². The third-order valence-electron chi connectivity index (χ3n) is 2.69. The van der Waals surface area contributed by atoms with Crippen LogP contribution < -0.4 is 9.47 Å². The fourth-order valence-electron chi connectivity index (χ4n) is 1.70. The van der Waals surface area contributed by atoms with Gasteiger partial charge >= 0.3 is 0 Å². The minimum Gasteiger partial charge on any atom is -0.486 e. The summed E-state index contributed by atoms with van der Waals surface area (Å²) in [5.74, 6) is 1.42. The Morgan fingerprint density at radius 2 is 1.45 bits per heavy atom. The summed E-state index contributed by atoms with van der Waals surface area (Å²) in [6, 6.07) is 17.6. The topological polar surface area (TPSA) is 38.7 Å². The molecule has 0 bridgehead atoms. The monoisotopic (exact) mass is 270 g/mol. The zero-order valence-electron chi connectivity index (χ0n) is 11.2. The predicted molar refractivity (Wildman–Crippen MR) is 78.9 cm³/mol. The molecule has 0 saturated heterocycles. The first kappa shape index (κ1) is 14.2. The Hall–Kier alpha value is -2.26. The van der Waals surface area contributed by atoms with Crippen LogP contribution in [0.1, 0.15) is 5.56 Å². The summed E-state index contributed by atoms with van der Waals surface area (Å²) in [7, 11) is 0. The lowest BCUT2D eigenvalue weighted by molar-refractivity contribution is 0.275. The molecule has 0 aliphatic rings. The van der Waals surface area contributed by atoms with E-state index in [-0.39, 0.29) is 6.61 Å². The molecule has 2 rings (SSSR count). The Kier molecular flexibility index (Phi) is 5.68. The smallest absolute Gasteiger partial charge is 0.161 e. The molecule has 0 unspecified atom stereocenters. The quantitative estimate of drug-likeness (QED) is 0.785. The number of aliphatic hydroxyl groups excluding tert-OH is 1. The fraction of sp³-hybridized carbons (Fsp3) is 0.176. The van der Waals surface area contributed by atoms with Gasteiger partial charge in [-0.05, 0) is 23.8 Å². The summed E-state index contributed by atoms with van der Waals surface area (Å²) in [6.07, 6.45) is 3.42. The highest BCUT2D eigenvalue weighted by atomic mass is 16.5. The summed E-state index contributed by atoms with van der Waals surface area (Å²) in [4.78, 5) is 0. The Morgan fingerprint density at radius 1 is 0.800 bits per heavy atom. The normalized spacial score (nSPS) is 10.7. The first-order chi connectivity index (χ1) is 9.90. The summed E-state index contributed by atoms with van der Waals surface area (Å²) in [5.41, 5.74) is 1.11. The Bertz CT molecular complexity index is 535. The fourth-order valence-corrected chi connectivity index (χ4v) is 1.70. The molecular formula is C17H18O3. The Morgan fingerprint density at radius 3 is 2.15 bits per heavy atom. The molecule has 2 aromatic carbocycles. The van der Waals surface area contributed by atoms with E-state index < -0.39 is 0 Å². The van der Waals surface area contributed by atoms with Crippen molar-refractivity contribution in [2.45, 2.75) is 6.61 Å². The summed E-state index contributed by atoms with van der Waals surface area (Å²) < 4.78 is 11.4. The maximum Gasteiger partial charge on any atom is 0.161 e. The number of aliphatic hydroxyl groups is 1. The first-order valence-electron chi connectivity index (χ1n) is 6.54. The number of ether oxygens (including phenoxy) is 2. The van der Waals surface area contributed by atoms with Crippen LogP contribution in [-0.4, -0.2) is 18.3 Å². The van der Waals surface area contributed by atoms with Crippen molar-refractivity contribution in [3.05, 3.63) is 72.3 Å². The van der Waals surface area contributed by atoms with Gasteiger partial charge in [0.2, 0.25) is 0 Å². The van der Waals surface area contributed by atoms with Crippen LogP contribution in [0.5, 0.6) is 11.5 Å². The van der Waals surface area contributed by atoms with Crippen molar-refractivity contribution < 1.29 is 14.6 Å². The van der Waals surface area contributed by atoms with Gasteiger partial charge in [-0.2, -0.15) is 0 Å². The van der Waals surface area contributed by atoms with Crippen molar-refractivity contribution in [1.29, 1.82) is 0 Å². The summed E-state index contributed by atoms with van der Waals surface area (Å²) >= 11 is 0. The highest BCUT2D eigenvalue weighted by molar-refractivity contribution is 5.39. The summed E-state index contributed by atoms with van der Waals surface area (Å²) in [5, 5.41) is 8.66. The van der Waals surface area contributed by atoms with E-state index in [2.05, 4.69) is 0 Å². The van der Waals surface area contributed by atoms with E-state index in [1.54, 1.807) is 12.2 Å². The molecule has 0 atom stereocenters. The molecule has 0 amide bonds. The molecule has 3 heteroatoms. The molecule has 0 aliphatic heterocycles. The maximum atomic E-state index is 8.66. The van der Waals surface area contributed by atoms with Gasteiger partial charge < -0.3 is 14.6 Å². The lowest BCUT2D eigenvalue weighted by Crippen LogP contribution is -2.00. The lowest BCUT2D eigenvalue weighted by Gasteiger charge is -2.11. The van der Waals surface area contributed by atoms with Gasteiger partial charge in [-0.1, -0.05) is 48.5 Å². The molecular weight excluding hydrogens is 252 g/mol. The SMILES string of the molecule is OC/C=C/COc1ccccc1OCc1ccccc1. The molecule has 20 heavy (non-hydrogen) atoms. The van der Waals surface area contributed by atoms with Crippen LogP contribution >= 0.6 is 0 Å². The van der Waals surface area contributed by atoms with Crippen LogP contribution in [0.2, 0.25) is 0 Å². The molecule has 1 N–H and O–H groups in total. The third kappa shape index (κ3) is 4.44. The molecule has 0 aromatic heterocycles. The van der Waals surface area contributed by atoms with Crippen molar-refractivity contribution in [2.75, 3.05) is 13.2 Å². The highest BCUT2D eigenvalue weighted by Gasteiger charge is 2.03. The predicted octanol–water partition coefficient (Wildman–Crippen LogP) is 3.19. The molecule has 0 spiro atoms. The molecule has 0 fully saturated rings. The number of para-hydroxylation sites is 2. The Labute approximate surface area is 119 Å². The number of rotatable bonds is 7. The van der Waals surface area contributed by atoms with E-state index in [1.807, 2.05) is 54.6 Å². The van der Waals surface area contributed by atoms with Crippen molar-refractivity contribution in [2.24, 2.45) is 0 Å². The van der Waals surface area contributed by atoms with E-state index >= 15 is 0 Å². The van der Waals surface area contributed by atoms with Gasteiger partial charge in [0.1, 0.15) is 13.2 Å². The number of hydrogen-bond acceptors (Lipinski definition) is 3. The molecule has 104 valence electrons. The standard InChI is InChI=1S/C17H18O3/c18-12-6-7-13-19-16-10-4-5-11-17(16)20-14-15-8-2-1-3-9-15/h1-11,18H,12-14H2/b7-6+. The van der Waals surface area contributed by atoms with Crippen LogP contribution in [0.25, 0.3) is 0 Å². The minimum absolute atomic E-state index is 0.0233. The van der Waals surface area contributed by atoms with Crippen molar-refractivity contribution in [3.8, 4) is 11.5 Å². The van der Waals surface area contributed by atoms with Crippen LogP contribution in [0.3, 0.4) is 0 Å². The van der Waals surface area contributed by atoms with Crippen LogP contribution in [0, 0.1) is 0 Å². The molecule has 0 heterocycles. The minimum atomic E-state index is 0.0233. The molecule has 2 aromatic rings. The lowest BCUT2D eigenvalue weighted by atomic mass is 10.2. The maximum absolute atomic E-state index is 8.66. The van der Waals surface area contributed by atoms with Gasteiger partial charge in [-0.3, -0.25) is 0 Å². The van der Waals surface area contributed by atoms with Gasteiger partial charge in [0.25, 0.3) is 0 Å². The van der Waals surface area contributed by atoms with Crippen LogP contribution in [0.15, 0.2) is 66.7 Å². The van der Waals surface area contributed by atoms with E-state index in [0.29, 0.717) is 24.7 Å². The molecule has 0 radical (unpaired) electrons. The first-order valence-corrected chi connectivity index (χ1v) is 6.54. The van der Waals surface area contributed by atoms with Crippen LogP contribution in [-0.2, 0) is 6.61 Å². The zero-order valence-corrected chi connectivity index (χ0v) is 11.2. The van der Waals surface area contributed by atoms with E-state index in [4.69, 9.17) is 14.6 Å². The van der Waals surface area contributed by atoms with Gasteiger partial charge in [0.05, 0.1) is 6.61 Å². The average molecular weight is 270 g/mol. The van der Waals surface area contributed by atoms with E-state index in [0.717, 1.165) is 5.56 Å². The third-order valence-corrected chi connectivity index (χ3v) is 2.69. The molecule has 0 saturated carbocycles.